The average molecular weight is 655 g/mol. The number of methoxy groups -OCH3 is 3. The number of hydrogen-bond acceptors (Lipinski definition) is 7. The van der Waals surface area contributed by atoms with Crippen molar-refractivity contribution in [2.45, 2.75) is 15.5 Å². The number of halogens is 2. The molecule has 188 valence electrons. The third kappa shape index (κ3) is 5.44. The zero-order valence-corrected chi connectivity index (χ0v) is 24.2. The molecule has 1 aliphatic heterocycles. The van der Waals surface area contributed by atoms with E-state index in [1.54, 1.807) is 49.6 Å². The maximum absolute atomic E-state index is 13.2. The molecular weight excluding hydrogens is 634 g/mol. The van der Waals surface area contributed by atoms with Gasteiger partial charge in [-0.1, -0.05) is 49.7 Å². The minimum absolute atomic E-state index is 0.121. The molecule has 0 radical (unpaired) electrons. The van der Waals surface area contributed by atoms with E-state index in [9.17, 15) is 13.2 Å². The molecule has 11 heteroatoms. The van der Waals surface area contributed by atoms with Crippen molar-refractivity contribution in [2.75, 3.05) is 26.6 Å². The summed E-state index contributed by atoms with van der Waals surface area (Å²) in [6, 6.07) is 13.5. The predicted molar refractivity (Wildman–Crippen MR) is 148 cm³/mol. The van der Waals surface area contributed by atoms with Crippen LogP contribution in [0.5, 0.6) is 17.2 Å². The number of carbonyl (C=O) groups is 1. The van der Waals surface area contributed by atoms with Crippen LogP contribution in [0.15, 0.2) is 72.2 Å². The highest BCUT2D eigenvalue weighted by molar-refractivity contribution is 9.11. The van der Waals surface area contributed by atoms with E-state index in [0.29, 0.717) is 52.8 Å². The molecule has 36 heavy (non-hydrogen) atoms. The molecule has 0 aromatic heterocycles. The van der Waals surface area contributed by atoms with Gasteiger partial charge in [0, 0.05) is 26.0 Å². The van der Waals surface area contributed by atoms with Crippen molar-refractivity contribution in [1.29, 1.82) is 0 Å². The lowest BCUT2D eigenvalue weighted by molar-refractivity contribution is -0.112. The van der Waals surface area contributed by atoms with Crippen molar-refractivity contribution < 1.29 is 27.4 Å². The topological polar surface area (TPSA) is 90.9 Å². The number of rotatable bonds is 7. The van der Waals surface area contributed by atoms with Gasteiger partial charge < -0.3 is 19.5 Å². The smallest absolute Gasteiger partial charge is 0.262 e. The summed E-state index contributed by atoms with van der Waals surface area (Å²) in [7, 11) is 0.909. The summed E-state index contributed by atoms with van der Waals surface area (Å²) in [5.74, 6) is 0.961. The summed E-state index contributed by atoms with van der Waals surface area (Å²) in [6.45, 7) is 0. The lowest BCUT2D eigenvalue weighted by atomic mass is 10.1. The number of hydrogen-bond donors (Lipinski definition) is 1. The fourth-order valence-electron chi connectivity index (χ4n) is 3.58. The molecule has 0 fully saturated rings. The molecule has 0 saturated heterocycles. The van der Waals surface area contributed by atoms with E-state index in [-0.39, 0.29) is 16.6 Å². The molecule has 0 spiro atoms. The van der Waals surface area contributed by atoms with Gasteiger partial charge in [-0.3, -0.25) is 4.79 Å². The van der Waals surface area contributed by atoms with Crippen LogP contribution in [0.1, 0.15) is 11.1 Å². The number of benzene rings is 3. The van der Waals surface area contributed by atoms with Crippen LogP contribution >= 0.6 is 43.6 Å². The number of ether oxygens (including phenoxy) is 3. The first-order valence-electron chi connectivity index (χ1n) is 10.5. The van der Waals surface area contributed by atoms with Gasteiger partial charge in [-0.2, -0.15) is 0 Å². The first-order chi connectivity index (χ1) is 17.2. The minimum Gasteiger partial charge on any atom is -0.496 e. The molecule has 3 aromatic carbocycles. The third-order valence-electron chi connectivity index (χ3n) is 5.43. The highest BCUT2D eigenvalue weighted by Gasteiger charge is 2.26. The Labute approximate surface area is 230 Å². The van der Waals surface area contributed by atoms with Crippen LogP contribution in [0.4, 0.5) is 5.69 Å². The number of amides is 1. The fourth-order valence-corrected chi connectivity index (χ4v) is 7.58. The summed E-state index contributed by atoms with van der Waals surface area (Å²) < 4.78 is 43.9. The molecule has 1 N–H and O–H groups in total. The van der Waals surface area contributed by atoms with E-state index in [4.69, 9.17) is 14.2 Å². The Bertz CT molecular complexity index is 1440. The number of anilines is 1. The Morgan fingerprint density at radius 1 is 0.944 bits per heavy atom. The average Bonchev–Trinajstić information content (AvgIpc) is 2.86. The van der Waals surface area contributed by atoms with Crippen LogP contribution < -0.4 is 19.5 Å². The van der Waals surface area contributed by atoms with E-state index < -0.39 is 9.84 Å². The first-order valence-corrected chi connectivity index (χ1v) is 14.5. The second-order valence-electron chi connectivity index (χ2n) is 7.63. The molecule has 1 amide bonds. The van der Waals surface area contributed by atoms with Crippen molar-refractivity contribution in [3.05, 3.63) is 73.5 Å². The number of sulfone groups is 1. The molecule has 1 aliphatic rings. The fraction of sp³-hybridized carbons (Fsp3) is 0.160. The molecule has 0 unspecified atom stereocenters. The van der Waals surface area contributed by atoms with E-state index in [2.05, 4.69) is 37.2 Å². The first kappa shape index (κ1) is 26.6. The summed E-state index contributed by atoms with van der Waals surface area (Å²) in [5.41, 5.74) is 1.64. The second-order valence-corrected chi connectivity index (χ2v) is 12.4. The van der Waals surface area contributed by atoms with E-state index in [1.165, 1.54) is 32.0 Å². The SMILES string of the molecule is COc1cc(OC)c(C=C2Sc3ccc(S(=O)(=O)Cc4c(Br)cccc4Br)cc3NC2=O)c(OC)c1. The predicted octanol–water partition coefficient (Wildman–Crippen LogP) is 6.30. The third-order valence-corrected chi connectivity index (χ3v) is 9.65. The van der Waals surface area contributed by atoms with E-state index in [0.717, 1.165) is 0 Å². The Kier molecular flexibility index (Phi) is 8.03. The molecule has 1 heterocycles. The number of fused-ring (bicyclic) bond motifs is 1. The van der Waals surface area contributed by atoms with Crippen LogP contribution in [-0.2, 0) is 20.4 Å². The van der Waals surface area contributed by atoms with Crippen LogP contribution in [0.25, 0.3) is 6.08 Å². The summed E-state index contributed by atoms with van der Waals surface area (Å²) in [4.78, 5) is 14.2. The lowest BCUT2D eigenvalue weighted by Crippen LogP contribution is -2.18. The van der Waals surface area contributed by atoms with Gasteiger partial charge >= 0.3 is 0 Å². The van der Waals surface area contributed by atoms with Crippen LogP contribution in [-0.4, -0.2) is 35.7 Å². The van der Waals surface area contributed by atoms with Crippen LogP contribution in [0, 0.1) is 0 Å². The molecule has 7 nitrogen and oxygen atoms in total. The number of thioether (sulfide) groups is 1. The van der Waals surface area contributed by atoms with Crippen molar-refractivity contribution >= 4 is 71.1 Å². The van der Waals surface area contributed by atoms with Gasteiger partial charge in [0.25, 0.3) is 5.91 Å². The van der Waals surface area contributed by atoms with E-state index in [1.807, 2.05) is 6.07 Å². The number of carbonyl (C=O) groups excluding carboxylic acids is 1. The molecular formula is C25H21Br2NO6S2. The lowest BCUT2D eigenvalue weighted by Gasteiger charge is -2.20. The zero-order valence-electron chi connectivity index (χ0n) is 19.4. The van der Waals surface area contributed by atoms with Crippen LogP contribution in [0.2, 0.25) is 0 Å². The second kappa shape index (κ2) is 10.9. The maximum atomic E-state index is 13.2. The zero-order chi connectivity index (χ0) is 26.0. The van der Waals surface area contributed by atoms with E-state index >= 15 is 0 Å². The molecule has 0 atom stereocenters. The largest absolute Gasteiger partial charge is 0.496 e. The minimum atomic E-state index is -3.68. The van der Waals surface area contributed by atoms with Gasteiger partial charge in [-0.15, -0.1) is 0 Å². The quantitative estimate of drug-likeness (QED) is 0.299. The Morgan fingerprint density at radius 2 is 1.58 bits per heavy atom. The highest BCUT2D eigenvalue weighted by Crippen LogP contribution is 2.43. The van der Waals surface area contributed by atoms with Gasteiger partial charge in [0.05, 0.1) is 48.1 Å². The maximum Gasteiger partial charge on any atom is 0.262 e. The standard InChI is InChI=1S/C25H21Br2NO6S2/c1-32-14-9-21(33-2)16(22(10-14)34-3)12-24-25(29)28-20-11-15(7-8-23(20)35-24)36(30,31)13-17-18(26)5-4-6-19(17)27/h4-12H,13H2,1-3H3,(H,28,29). The van der Waals surface area contributed by atoms with Gasteiger partial charge in [-0.25, -0.2) is 8.42 Å². The van der Waals surface area contributed by atoms with Gasteiger partial charge in [0.2, 0.25) is 0 Å². The Morgan fingerprint density at radius 3 is 2.17 bits per heavy atom. The molecule has 4 rings (SSSR count). The van der Waals surface area contributed by atoms with Gasteiger partial charge in [0.1, 0.15) is 17.2 Å². The highest BCUT2D eigenvalue weighted by atomic mass is 79.9. The summed E-state index contributed by atoms with van der Waals surface area (Å²) in [6.07, 6.45) is 1.68. The molecule has 0 aliphatic carbocycles. The van der Waals surface area contributed by atoms with Gasteiger partial charge in [0.15, 0.2) is 9.84 Å². The van der Waals surface area contributed by atoms with Crippen molar-refractivity contribution in [3.8, 4) is 17.2 Å². The Hall–Kier alpha value is -2.47. The van der Waals surface area contributed by atoms with Crippen molar-refractivity contribution in [3.63, 3.8) is 0 Å². The summed E-state index contributed by atoms with van der Waals surface area (Å²) >= 11 is 8.07. The molecule has 3 aromatic rings. The molecule has 0 saturated carbocycles. The molecule has 0 bridgehead atoms. The summed E-state index contributed by atoms with van der Waals surface area (Å²) in [5, 5.41) is 2.81. The monoisotopic (exact) mass is 653 g/mol. The normalized spacial score (nSPS) is 14.2. The van der Waals surface area contributed by atoms with Gasteiger partial charge in [-0.05, 0) is 42.0 Å². The Balaban J connectivity index is 1.66. The van der Waals surface area contributed by atoms with Crippen molar-refractivity contribution in [1.82, 2.24) is 0 Å². The van der Waals surface area contributed by atoms with Crippen molar-refractivity contribution in [2.24, 2.45) is 0 Å². The number of nitrogens with one attached hydrogen (secondary N) is 1. The van der Waals surface area contributed by atoms with Crippen LogP contribution in [0.3, 0.4) is 0 Å².